The van der Waals surface area contributed by atoms with Crippen molar-refractivity contribution in [1.29, 1.82) is 0 Å². The SMILES string of the molecule is O=C(O)N1CCC[C@H]1CNC1CC1. The van der Waals surface area contributed by atoms with Crippen molar-refractivity contribution in [3.63, 3.8) is 0 Å². The number of hydrogen-bond acceptors (Lipinski definition) is 2. The first-order valence-corrected chi connectivity index (χ1v) is 5.00. The van der Waals surface area contributed by atoms with E-state index in [0.29, 0.717) is 12.6 Å². The molecule has 0 aromatic rings. The van der Waals surface area contributed by atoms with Gasteiger partial charge in [0.1, 0.15) is 0 Å². The highest BCUT2D eigenvalue weighted by Crippen LogP contribution is 2.21. The van der Waals surface area contributed by atoms with Crippen molar-refractivity contribution in [3.05, 3.63) is 0 Å². The summed E-state index contributed by atoms with van der Waals surface area (Å²) in [5.74, 6) is 0. The maximum atomic E-state index is 10.8. The molecule has 1 atom stereocenters. The minimum Gasteiger partial charge on any atom is -0.465 e. The minimum atomic E-state index is -0.764. The van der Waals surface area contributed by atoms with Crippen LogP contribution in [0.3, 0.4) is 0 Å². The van der Waals surface area contributed by atoms with Gasteiger partial charge >= 0.3 is 6.09 Å². The second-order valence-corrected chi connectivity index (χ2v) is 3.95. The molecular formula is C9H16N2O2. The lowest BCUT2D eigenvalue weighted by atomic mass is 10.2. The first-order valence-electron chi connectivity index (χ1n) is 5.00. The van der Waals surface area contributed by atoms with Gasteiger partial charge in [0.2, 0.25) is 0 Å². The molecule has 1 heterocycles. The van der Waals surface area contributed by atoms with Crippen LogP contribution in [0.15, 0.2) is 0 Å². The van der Waals surface area contributed by atoms with E-state index in [1.165, 1.54) is 12.8 Å². The van der Waals surface area contributed by atoms with Crippen molar-refractivity contribution >= 4 is 6.09 Å². The Hall–Kier alpha value is -0.770. The molecule has 1 amide bonds. The highest BCUT2D eigenvalue weighted by atomic mass is 16.4. The maximum absolute atomic E-state index is 10.8. The minimum absolute atomic E-state index is 0.220. The van der Waals surface area contributed by atoms with Gasteiger partial charge in [-0.2, -0.15) is 0 Å². The van der Waals surface area contributed by atoms with Crippen molar-refractivity contribution in [2.75, 3.05) is 13.1 Å². The molecule has 2 N–H and O–H groups in total. The summed E-state index contributed by atoms with van der Waals surface area (Å²) in [6.07, 6.45) is 3.80. The lowest BCUT2D eigenvalue weighted by Crippen LogP contribution is -2.41. The highest BCUT2D eigenvalue weighted by molar-refractivity contribution is 5.65. The zero-order valence-electron chi connectivity index (χ0n) is 7.70. The number of amides is 1. The predicted molar refractivity (Wildman–Crippen MR) is 48.8 cm³/mol. The molecule has 2 fully saturated rings. The quantitative estimate of drug-likeness (QED) is 0.684. The molecule has 74 valence electrons. The van der Waals surface area contributed by atoms with Crippen LogP contribution in [-0.4, -0.2) is 41.3 Å². The van der Waals surface area contributed by atoms with Crippen molar-refractivity contribution in [2.24, 2.45) is 0 Å². The summed E-state index contributed by atoms with van der Waals surface area (Å²) in [7, 11) is 0. The Morgan fingerprint density at radius 1 is 1.46 bits per heavy atom. The van der Waals surface area contributed by atoms with Crippen LogP contribution in [0.2, 0.25) is 0 Å². The number of carbonyl (C=O) groups is 1. The van der Waals surface area contributed by atoms with Crippen molar-refractivity contribution in [2.45, 2.75) is 37.8 Å². The summed E-state index contributed by atoms with van der Waals surface area (Å²) in [6, 6.07) is 0.898. The van der Waals surface area contributed by atoms with Crippen LogP contribution in [0.25, 0.3) is 0 Å². The van der Waals surface area contributed by atoms with Crippen LogP contribution in [0.4, 0.5) is 4.79 Å². The van der Waals surface area contributed by atoms with Gasteiger partial charge in [0, 0.05) is 25.2 Å². The molecule has 13 heavy (non-hydrogen) atoms. The number of likely N-dealkylation sites (tertiary alicyclic amines) is 1. The Balaban J connectivity index is 1.78. The van der Waals surface area contributed by atoms with Gasteiger partial charge in [-0.05, 0) is 25.7 Å². The number of nitrogens with zero attached hydrogens (tertiary/aromatic N) is 1. The van der Waals surface area contributed by atoms with Crippen LogP contribution in [0.1, 0.15) is 25.7 Å². The predicted octanol–water partition coefficient (Wildman–Crippen LogP) is 0.881. The van der Waals surface area contributed by atoms with E-state index in [9.17, 15) is 4.79 Å². The van der Waals surface area contributed by atoms with Gasteiger partial charge in [-0.25, -0.2) is 4.79 Å². The molecule has 4 nitrogen and oxygen atoms in total. The van der Waals surface area contributed by atoms with Crippen LogP contribution in [-0.2, 0) is 0 Å². The molecule has 0 spiro atoms. The lowest BCUT2D eigenvalue weighted by molar-refractivity contribution is 0.139. The Labute approximate surface area is 77.9 Å². The van der Waals surface area contributed by atoms with Crippen LogP contribution in [0, 0.1) is 0 Å². The van der Waals surface area contributed by atoms with E-state index in [0.717, 1.165) is 19.4 Å². The van der Waals surface area contributed by atoms with E-state index in [2.05, 4.69) is 5.32 Å². The monoisotopic (exact) mass is 184 g/mol. The van der Waals surface area contributed by atoms with Gasteiger partial charge in [-0.3, -0.25) is 0 Å². The van der Waals surface area contributed by atoms with Gasteiger partial charge in [0.05, 0.1) is 0 Å². The summed E-state index contributed by atoms with van der Waals surface area (Å²) >= 11 is 0. The van der Waals surface area contributed by atoms with Gasteiger partial charge in [0.15, 0.2) is 0 Å². The second kappa shape index (κ2) is 3.54. The van der Waals surface area contributed by atoms with E-state index in [4.69, 9.17) is 5.11 Å². The summed E-state index contributed by atoms with van der Waals surface area (Å²) in [4.78, 5) is 12.3. The standard InChI is InChI=1S/C9H16N2O2/c12-9(13)11-5-1-2-8(11)6-10-7-3-4-7/h7-8,10H,1-6H2,(H,12,13)/t8-/m0/s1. The van der Waals surface area contributed by atoms with E-state index in [1.54, 1.807) is 4.90 Å². The first kappa shape index (κ1) is 8.81. The summed E-state index contributed by atoms with van der Waals surface area (Å²) in [6.45, 7) is 1.56. The van der Waals surface area contributed by atoms with E-state index < -0.39 is 6.09 Å². The number of carboxylic acid groups (broad SMARTS) is 1. The van der Waals surface area contributed by atoms with E-state index in [-0.39, 0.29) is 6.04 Å². The van der Waals surface area contributed by atoms with Crippen molar-refractivity contribution < 1.29 is 9.90 Å². The second-order valence-electron chi connectivity index (χ2n) is 3.95. The molecule has 0 aromatic heterocycles. The first-order chi connectivity index (χ1) is 6.27. The third-order valence-electron chi connectivity index (χ3n) is 2.84. The fourth-order valence-corrected chi connectivity index (χ4v) is 1.89. The maximum Gasteiger partial charge on any atom is 0.407 e. The van der Waals surface area contributed by atoms with Crippen LogP contribution < -0.4 is 5.32 Å². The molecule has 4 heteroatoms. The average molecular weight is 184 g/mol. The van der Waals surface area contributed by atoms with Gasteiger partial charge in [-0.1, -0.05) is 0 Å². The molecule has 2 rings (SSSR count). The molecule has 0 bridgehead atoms. The normalized spacial score (nSPS) is 28.0. The molecule has 0 unspecified atom stereocenters. The van der Waals surface area contributed by atoms with Crippen LogP contribution >= 0.6 is 0 Å². The largest absolute Gasteiger partial charge is 0.465 e. The van der Waals surface area contributed by atoms with Crippen molar-refractivity contribution in [3.8, 4) is 0 Å². The van der Waals surface area contributed by atoms with E-state index in [1.807, 2.05) is 0 Å². The highest BCUT2D eigenvalue weighted by Gasteiger charge is 2.30. The third kappa shape index (κ3) is 2.12. The van der Waals surface area contributed by atoms with Gasteiger partial charge in [-0.15, -0.1) is 0 Å². The number of nitrogens with one attached hydrogen (secondary N) is 1. The zero-order chi connectivity index (χ0) is 9.26. The molecule has 0 aromatic carbocycles. The molecule has 2 aliphatic rings. The Kier molecular flexibility index (Phi) is 2.40. The molecular weight excluding hydrogens is 168 g/mol. The van der Waals surface area contributed by atoms with Gasteiger partial charge < -0.3 is 15.3 Å². The summed E-state index contributed by atoms with van der Waals surface area (Å²) < 4.78 is 0. The van der Waals surface area contributed by atoms with E-state index >= 15 is 0 Å². The van der Waals surface area contributed by atoms with Gasteiger partial charge in [0.25, 0.3) is 0 Å². The Bertz CT molecular complexity index is 204. The topological polar surface area (TPSA) is 52.6 Å². The third-order valence-corrected chi connectivity index (χ3v) is 2.84. The lowest BCUT2D eigenvalue weighted by Gasteiger charge is -2.21. The molecule has 1 saturated carbocycles. The summed E-state index contributed by atoms with van der Waals surface area (Å²) in [5, 5.41) is 12.2. The van der Waals surface area contributed by atoms with Crippen LogP contribution in [0.5, 0.6) is 0 Å². The Morgan fingerprint density at radius 3 is 2.85 bits per heavy atom. The average Bonchev–Trinajstić information content (AvgIpc) is 2.79. The fraction of sp³-hybridized carbons (Fsp3) is 0.889. The summed E-state index contributed by atoms with van der Waals surface area (Å²) in [5.41, 5.74) is 0. The molecule has 0 radical (unpaired) electrons. The van der Waals surface area contributed by atoms with Crippen molar-refractivity contribution in [1.82, 2.24) is 10.2 Å². The smallest absolute Gasteiger partial charge is 0.407 e. The molecule has 1 saturated heterocycles. The molecule has 1 aliphatic carbocycles. The zero-order valence-corrected chi connectivity index (χ0v) is 7.70. The fourth-order valence-electron chi connectivity index (χ4n) is 1.89. The Morgan fingerprint density at radius 2 is 2.23 bits per heavy atom. The number of rotatable bonds is 3. The molecule has 1 aliphatic heterocycles. The number of hydrogen-bond donors (Lipinski definition) is 2.